The van der Waals surface area contributed by atoms with Crippen LogP contribution in [-0.4, -0.2) is 42.3 Å². The van der Waals surface area contributed by atoms with Gasteiger partial charge in [0.25, 0.3) is 11.6 Å². The van der Waals surface area contributed by atoms with Crippen LogP contribution in [0.1, 0.15) is 34.6 Å². The minimum atomic E-state index is -0.847. The van der Waals surface area contributed by atoms with Crippen LogP contribution in [0.2, 0.25) is 0 Å². The molecule has 1 heterocycles. The molecule has 0 saturated carbocycles. The average molecular weight is 452 g/mol. The molecule has 2 aromatic carbocycles. The number of benzene rings is 2. The number of aliphatic imine (C=N–C) groups is 1. The Balaban J connectivity index is 2.08. The quantitative estimate of drug-likeness (QED) is 0.399. The van der Waals surface area contributed by atoms with Gasteiger partial charge in [0.05, 0.1) is 35.6 Å². The number of amides is 1. The highest BCUT2D eigenvalue weighted by Gasteiger charge is 2.27. The number of nitro benzene ring substituents is 1. The molecule has 1 aliphatic rings. The summed E-state index contributed by atoms with van der Waals surface area (Å²) < 4.78 is 9.73. The van der Waals surface area contributed by atoms with E-state index in [2.05, 4.69) is 20.4 Å². The first kappa shape index (κ1) is 23.1. The number of nitro groups is 1. The van der Waals surface area contributed by atoms with Crippen LogP contribution in [0.15, 0.2) is 58.7 Å². The highest BCUT2D eigenvalue weighted by Crippen LogP contribution is 2.30. The Morgan fingerprint density at radius 2 is 1.82 bits per heavy atom. The van der Waals surface area contributed by atoms with Crippen LogP contribution >= 0.6 is 0 Å². The van der Waals surface area contributed by atoms with Gasteiger partial charge in [-0.25, -0.2) is 14.6 Å². The normalized spacial score (nSPS) is 12.5. The minimum absolute atomic E-state index is 0.0139. The number of fused-ring (bicyclic) bond motifs is 1. The molecule has 11 nitrogen and oxygen atoms in total. The highest BCUT2D eigenvalue weighted by molar-refractivity contribution is 6.25. The number of ether oxygens (including phenoxy) is 2. The molecule has 0 fully saturated rings. The number of amidine groups is 1. The highest BCUT2D eigenvalue weighted by atomic mass is 16.6. The maximum absolute atomic E-state index is 13.0. The van der Waals surface area contributed by atoms with Gasteiger partial charge in [-0.2, -0.15) is 0 Å². The second kappa shape index (κ2) is 9.73. The third-order valence-electron chi connectivity index (χ3n) is 4.59. The second-order valence-electron chi connectivity index (χ2n) is 6.79. The Bertz CT molecular complexity index is 1220. The Labute approximate surface area is 188 Å². The standard InChI is InChI=1S/C22H20N4O7/c1-4-33-22(29)18-12(2)23-16-7-5-6-8-17(16)24-19(18)25-20(27)13-9-14(21(28)32-3)11-15(10-13)26(30)31/h5-11,23H,4H2,1-3H3,(H,24,25,27). The molecule has 0 aliphatic carbocycles. The number of rotatable bonds is 5. The van der Waals surface area contributed by atoms with Crippen molar-refractivity contribution in [2.75, 3.05) is 19.0 Å². The van der Waals surface area contributed by atoms with Crippen LogP contribution in [0.25, 0.3) is 0 Å². The van der Waals surface area contributed by atoms with E-state index in [0.717, 1.165) is 25.3 Å². The Hall–Kier alpha value is -4.54. The molecule has 0 atom stereocenters. The predicted octanol–water partition coefficient (Wildman–Crippen LogP) is 3.10. The molecule has 33 heavy (non-hydrogen) atoms. The molecule has 0 spiro atoms. The van der Waals surface area contributed by atoms with Crippen molar-refractivity contribution >= 4 is 40.7 Å². The van der Waals surface area contributed by atoms with Gasteiger partial charge in [0.15, 0.2) is 0 Å². The van der Waals surface area contributed by atoms with E-state index < -0.39 is 28.5 Å². The summed E-state index contributed by atoms with van der Waals surface area (Å²) in [6.45, 7) is 3.36. The number of carbonyl (C=O) groups is 3. The van der Waals surface area contributed by atoms with E-state index in [9.17, 15) is 24.5 Å². The summed E-state index contributed by atoms with van der Waals surface area (Å²) >= 11 is 0. The summed E-state index contributed by atoms with van der Waals surface area (Å²) in [5.41, 5.74) is 0.565. The number of allylic oxidation sites excluding steroid dienone is 1. The fourth-order valence-corrected chi connectivity index (χ4v) is 3.10. The number of methoxy groups -OCH3 is 1. The van der Waals surface area contributed by atoms with Crippen molar-refractivity contribution in [3.8, 4) is 0 Å². The molecule has 2 N–H and O–H groups in total. The summed E-state index contributed by atoms with van der Waals surface area (Å²) in [5, 5.41) is 16.9. The van der Waals surface area contributed by atoms with Gasteiger partial charge >= 0.3 is 11.9 Å². The lowest BCUT2D eigenvalue weighted by Crippen LogP contribution is -2.35. The number of hydrogen-bond donors (Lipinski definition) is 2. The van der Waals surface area contributed by atoms with E-state index in [1.807, 2.05) is 0 Å². The molecule has 0 aromatic heterocycles. The Morgan fingerprint density at radius 1 is 1.12 bits per heavy atom. The first-order valence-corrected chi connectivity index (χ1v) is 9.77. The van der Waals surface area contributed by atoms with E-state index in [-0.39, 0.29) is 29.1 Å². The van der Waals surface area contributed by atoms with Crippen LogP contribution in [0.4, 0.5) is 17.1 Å². The molecule has 0 saturated heterocycles. The van der Waals surface area contributed by atoms with E-state index in [4.69, 9.17) is 4.74 Å². The molecule has 2 aromatic rings. The van der Waals surface area contributed by atoms with Crippen molar-refractivity contribution in [2.45, 2.75) is 13.8 Å². The smallest absolute Gasteiger partial charge is 0.343 e. The molecular weight excluding hydrogens is 432 g/mol. The fraction of sp³-hybridized carbons (Fsp3) is 0.182. The molecule has 1 amide bonds. The summed E-state index contributed by atoms with van der Waals surface area (Å²) in [4.78, 5) is 52.6. The average Bonchev–Trinajstić information content (AvgIpc) is 2.93. The number of hydrogen-bond acceptors (Lipinski definition) is 9. The predicted molar refractivity (Wildman–Crippen MR) is 118 cm³/mol. The monoisotopic (exact) mass is 452 g/mol. The van der Waals surface area contributed by atoms with Crippen LogP contribution in [0.5, 0.6) is 0 Å². The van der Waals surface area contributed by atoms with Crippen LogP contribution in [-0.2, 0) is 14.3 Å². The Morgan fingerprint density at radius 3 is 2.48 bits per heavy atom. The summed E-state index contributed by atoms with van der Waals surface area (Å²) in [5.74, 6) is -2.50. The van der Waals surface area contributed by atoms with E-state index in [1.54, 1.807) is 38.1 Å². The molecule has 170 valence electrons. The number of para-hydroxylation sites is 2. The van der Waals surface area contributed by atoms with Crippen LogP contribution < -0.4 is 10.6 Å². The summed E-state index contributed by atoms with van der Waals surface area (Å²) in [6, 6.07) is 10.1. The number of esters is 2. The van der Waals surface area contributed by atoms with E-state index >= 15 is 0 Å². The molecule has 1 aliphatic heterocycles. The maximum Gasteiger partial charge on any atom is 0.343 e. The second-order valence-corrected chi connectivity index (χ2v) is 6.79. The first-order valence-electron chi connectivity index (χ1n) is 9.77. The van der Waals surface area contributed by atoms with Gasteiger partial charge in [-0.15, -0.1) is 0 Å². The number of anilines is 1. The van der Waals surface area contributed by atoms with Gasteiger partial charge in [0.2, 0.25) is 0 Å². The molecule has 0 unspecified atom stereocenters. The summed E-state index contributed by atoms with van der Waals surface area (Å²) in [6.07, 6.45) is 0. The topological polar surface area (TPSA) is 149 Å². The zero-order chi connectivity index (χ0) is 24.1. The molecule has 0 bridgehead atoms. The minimum Gasteiger partial charge on any atom is -0.465 e. The van der Waals surface area contributed by atoms with Gasteiger partial charge in [-0.05, 0) is 32.0 Å². The zero-order valence-corrected chi connectivity index (χ0v) is 18.0. The van der Waals surface area contributed by atoms with Crippen LogP contribution in [0.3, 0.4) is 0 Å². The van der Waals surface area contributed by atoms with Gasteiger partial charge < -0.3 is 20.1 Å². The van der Waals surface area contributed by atoms with Crippen molar-refractivity contribution in [3.63, 3.8) is 0 Å². The van der Waals surface area contributed by atoms with E-state index in [0.29, 0.717) is 17.1 Å². The zero-order valence-electron chi connectivity index (χ0n) is 18.0. The third kappa shape index (κ3) is 5.03. The lowest BCUT2D eigenvalue weighted by Gasteiger charge is -2.13. The summed E-state index contributed by atoms with van der Waals surface area (Å²) in [7, 11) is 1.12. The number of nitrogens with one attached hydrogen (secondary N) is 2. The van der Waals surface area contributed by atoms with Crippen molar-refractivity contribution in [2.24, 2.45) is 4.99 Å². The number of non-ortho nitro benzene ring substituents is 1. The largest absolute Gasteiger partial charge is 0.465 e. The fourth-order valence-electron chi connectivity index (χ4n) is 3.10. The Kier molecular flexibility index (Phi) is 6.82. The van der Waals surface area contributed by atoms with Crippen molar-refractivity contribution in [1.82, 2.24) is 5.32 Å². The number of carbonyl (C=O) groups excluding carboxylic acids is 3. The van der Waals surface area contributed by atoms with Gasteiger partial charge in [-0.3, -0.25) is 14.9 Å². The van der Waals surface area contributed by atoms with Gasteiger partial charge in [-0.1, -0.05) is 12.1 Å². The molecule has 0 radical (unpaired) electrons. The lowest BCUT2D eigenvalue weighted by molar-refractivity contribution is -0.384. The van der Waals surface area contributed by atoms with Crippen molar-refractivity contribution in [1.29, 1.82) is 0 Å². The van der Waals surface area contributed by atoms with Crippen molar-refractivity contribution in [3.05, 3.63) is 75.0 Å². The van der Waals surface area contributed by atoms with Gasteiger partial charge in [0.1, 0.15) is 11.4 Å². The number of nitrogens with zero attached hydrogens (tertiary/aromatic N) is 2. The van der Waals surface area contributed by atoms with Crippen molar-refractivity contribution < 1.29 is 28.8 Å². The first-order chi connectivity index (χ1) is 15.7. The SMILES string of the molecule is CCOC(=O)C1=C(C)Nc2ccccc2N=C1NC(=O)c1cc(C(=O)OC)cc([N+](=O)[O-])c1. The van der Waals surface area contributed by atoms with Gasteiger partial charge in [0, 0.05) is 23.4 Å². The lowest BCUT2D eigenvalue weighted by atomic mass is 10.1. The molecule has 11 heteroatoms. The molecular formula is C22H20N4O7. The van der Waals surface area contributed by atoms with Crippen LogP contribution in [0, 0.1) is 10.1 Å². The third-order valence-corrected chi connectivity index (χ3v) is 4.59. The molecule has 3 rings (SSSR count). The van der Waals surface area contributed by atoms with E-state index in [1.165, 1.54) is 0 Å². The maximum atomic E-state index is 13.0.